The van der Waals surface area contributed by atoms with Crippen LogP contribution in [0.3, 0.4) is 0 Å². The number of hydrogen-bond donors (Lipinski definition) is 1. The minimum absolute atomic E-state index is 0.0113. The molecule has 2 fully saturated rings. The molecule has 5 heteroatoms. The third-order valence-corrected chi connectivity index (χ3v) is 5.13. The Morgan fingerprint density at radius 2 is 2.08 bits per heavy atom. The first-order valence-corrected chi connectivity index (χ1v) is 8.95. The van der Waals surface area contributed by atoms with Crippen molar-refractivity contribution in [3.8, 4) is 0 Å². The van der Waals surface area contributed by atoms with Gasteiger partial charge in [-0.2, -0.15) is 0 Å². The lowest BCUT2D eigenvalue weighted by Gasteiger charge is -2.23. The van der Waals surface area contributed by atoms with Gasteiger partial charge in [0, 0.05) is 37.2 Å². The van der Waals surface area contributed by atoms with Gasteiger partial charge in [0.1, 0.15) is 0 Å². The van der Waals surface area contributed by atoms with Gasteiger partial charge in [-0.1, -0.05) is 43.7 Å². The second-order valence-corrected chi connectivity index (χ2v) is 6.62. The predicted octanol–water partition coefficient (Wildman–Crippen LogP) is 2.36. The zero-order valence-corrected chi connectivity index (χ0v) is 14.3. The summed E-state index contributed by atoms with van der Waals surface area (Å²) < 4.78 is 11.5. The standard InChI is InChI=1S/C19H27NO4/c1-2-3-10-23-11-9-15-16(12-21)17-13-24-19(20(17)18(15)22)14-7-5-4-6-8-14/h4-8,15-17,19,21H,2-3,9-13H2,1H3/t15?,16-,17?,19+/m1/s1. The fraction of sp³-hybridized carbons (Fsp3) is 0.632. The molecule has 1 aromatic carbocycles. The van der Waals surface area contributed by atoms with Crippen molar-refractivity contribution in [1.29, 1.82) is 0 Å². The number of amides is 1. The molecule has 0 radical (unpaired) electrons. The van der Waals surface area contributed by atoms with Crippen molar-refractivity contribution in [3.63, 3.8) is 0 Å². The van der Waals surface area contributed by atoms with E-state index in [4.69, 9.17) is 9.47 Å². The summed E-state index contributed by atoms with van der Waals surface area (Å²) >= 11 is 0. The van der Waals surface area contributed by atoms with Crippen LogP contribution in [0.5, 0.6) is 0 Å². The van der Waals surface area contributed by atoms with Crippen LogP contribution in [0.25, 0.3) is 0 Å². The van der Waals surface area contributed by atoms with E-state index in [-0.39, 0.29) is 36.6 Å². The molecule has 0 saturated carbocycles. The van der Waals surface area contributed by atoms with Crippen LogP contribution in [0.15, 0.2) is 30.3 Å². The van der Waals surface area contributed by atoms with Crippen LogP contribution < -0.4 is 0 Å². The summed E-state index contributed by atoms with van der Waals surface area (Å²) in [5, 5.41) is 9.82. The molecule has 2 saturated heterocycles. The number of hydrogen-bond acceptors (Lipinski definition) is 4. The Bertz CT molecular complexity index is 535. The Kier molecular flexibility index (Phi) is 5.87. The fourth-order valence-electron chi connectivity index (χ4n) is 3.80. The highest BCUT2D eigenvalue weighted by Crippen LogP contribution is 2.43. The number of ether oxygens (including phenoxy) is 2. The number of benzene rings is 1. The van der Waals surface area contributed by atoms with Gasteiger partial charge in [0.15, 0.2) is 6.23 Å². The summed E-state index contributed by atoms with van der Waals surface area (Å²) in [6, 6.07) is 9.79. The maximum Gasteiger partial charge on any atom is 0.228 e. The van der Waals surface area contributed by atoms with Gasteiger partial charge in [0.25, 0.3) is 0 Å². The van der Waals surface area contributed by atoms with Gasteiger partial charge in [-0.25, -0.2) is 0 Å². The van der Waals surface area contributed by atoms with Crippen molar-refractivity contribution in [3.05, 3.63) is 35.9 Å². The van der Waals surface area contributed by atoms with Crippen LogP contribution >= 0.6 is 0 Å². The molecule has 2 aliphatic rings. The lowest BCUT2D eigenvalue weighted by Crippen LogP contribution is -2.33. The van der Waals surface area contributed by atoms with Gasteiger partial charge < -0.3 is 19.5 Å². The molecule has 0 aliphatic carbocycles. The lowest BCUT2D eigenvalue weighted by molar-refractivity contribution is -0.138. The molecular weight excluding hydrogens is 306 g/mol. The first-order valence-electron chi connectivity index (χ1n) is 8.95. The van der Waals surface area contributed by atoms with Crippen molar-refractivity contribution in [2.45, 2.75) is 38.5 Å². The van der Waals surface area contributed by atoms with Gasteiger partial charge >= 0.3 is 0 Å². The molecule has 0 aromatic heterocycles. The van der Waals surface area contributed by atoms with E-state index in [2.05, 4.69) is 6.92 Å². The lowest BCUT2D eigenvalue weighted by atomic mass is 9.89. The van der Waals surface area contributed by atoms with Crippen molar-refractivity contribution < 1.29 is 19.4 Å². The van der Waals surface area contributed by atoms with Crippen LogP contribution in [0.1, 0.15) is 38.0 Å². The second kappa shape index (κ2) is 8.10. The first kappa shape index (κ1) is 17.4. The second-order valence-electron chi connectivity index (χ2n) is 6.62. The Morgan fingerprint density at radius 1 is 1.29 bits per heavy atom. The molecule has 132 valence electrons. The van der Waals surface area contributed by atoms with Gasteiger partial charge in [0.2, 0.25) is 5.91 Å². The highest BCUT2D eigenvalue weighted by Gasteiger charge is 2.53. The Hall–Kier alpha value is -1.43. The number of carbonyl (C=O) groups excluding carboxylic acids is 1. The highest BCUT2D eigenvalue weighted by molar-refractivity contribution is 5.83. The van der Waals surface area contributed by atoms with E-state index in [1.54, 1.807) is 0 Å². The Morgan fingerprint density at radius 3 is 2.79 bits per heavy atom. The van der Waals surface area contributed by atoms with E-state index < -0.39 is 0 Å². The molecule has 2 unspecified atom stereocenters. The van der Waals surface area contributed by atoms with Gasteiger partial charge in [-0.15, -0.1) is 0 Å². The molecule has 0 bridgehead atoms. The van der Waals surface area contributed by atoms with Crippen LogP contribution in [0, 0.1) is 11.8 Å². The Balaban J connectivity index is 1.67. The molecule has 1 amide bonds. The van der Waals surface area contributed by atoms with Gasteiger partial charge in [-0.3, -0.25) is 4.79 Å². The quantitative estimate of drug-likeness (QED) is 0.742. The average molecular weight is 333 g/mol. The van der Waals surface area contributed by atoms with Crippen LogP contribution in [-0.2, 0) is 14.3 Å². The summed E-state index contributed by atoms with van der Waals surface area (Å²) in [6.07, 6.45) is 2.49. The fourth-order valence-corrected chi connectivity index (χ4v) is 3.80. The topological polar surface area (TPSA) is 59.0 Å². The van der Waals surface area contributed by atoms with Gasteiger partial charge in [-0.05, 0) is 12.8 Å². The molecule has 3 rings (SSSR count). The monoisotopic (exact) mass is 333 g/mol. The first-order chi connectivity index (χ1) is 11.8. The number of aliphatic hydroxyl groups is 1. The zero-order valence-electron chi connectivity index (χ0n) is 14.3. The van der Waals surface area contributed by atoms with E-state index in [0.717, 1.165) is 25.0 Å². The van der Waals surface area contributed by atoms with E-state index in [1.807, 2.05) is 35.2 Å². The summed E-state index contributed by atoms with van der Waals surface area (Å²) in [7, 11) is 0. The molecule has 24 heavy (non-hydrogen) atoms. The molecule has 0 spiro atoms. The number of carbonyl (C=O) groups is 1. The number of unbranched alkanes of at least 4 members (excludes halogenated alkanes) is 1. The highest BCUT2D eigenvalue weighted by atomic mass is 16.5. The van der Waals surface area contributed by atoms with Crippen molar-refractivity contribution in [2.75, 3.05) is 26.4 Å². The SMILES string of the molecule is CCCCOCCC1C(=O)N2C(CO[C@H]2c2ccccc2)[C@@H]1CO. The maximum absolute atomic E-state index is 12.9. The predicted molar refractivity (Wildman–Crippen MR) is 90.2 cm³/mol. The zero-order chi connectivity index (χ0) is 16.9. The minimum atomic E-state index is -0.330. The summed E-state index contributed by atoms with van der Waals surface area (Å²) in [6.45, 7) is 3.94. The number of aliphatic hydroxyl groups excluding tert-OH is 1. The van der Waals surface area contributed by atoms with E-state index in [0.29, 0.717) is 19.6 Å². The van der Waals surface area contributed by atoms with Crippen LogP contribution in [0.4, 0.5) is 0 Å². The van der Waals surface area contributed by atoms with Gasteiger partial charge in [0.05, 0.1) is 12.6 Å². The number of nitrogens with zero attached hydrogens (tertiary/aromatic N) is 1. The van der Waals surface area contributed by atoms with Crippen molar-refractivity contribution in [1.82, 2.24) is 4.90 Å². The average Bonchev–Trinajstić information content (AvgIpc) is 3.15. The van der Waals surface area contributed by atoms with Crippen molar-refractivity contribution >= 4 is 5.91 Å². The van der Waals surface area contributed by atoms with E-state index >= 15 is 0 Å². The molecule has 4 atom stereocenters. The number of rotatable bonds is 8. The van der Waals surface area contributed by atoms with E-state index in [1.165, 1.54) is 0 Å². The van der Waals surface area contributed by atoms with Crippen molar-refractivity contribution in [2.24, 2.45) is 11.8 Å². The molecule has 1 N–H and O–H groups in total. The third-order valence-electron chi connectivity index (χ3n) is 5.13. The smallest absolute Gasteiger partial charge is 0.228 e. The Labute approximate surface area is 143 Å². The molecule has 5 nitrogen and oxygen atoms in total. The molecule has 2 aliphatic heterocycles. The normalized spacial score (nSPS) is 29.2. The largest absolute Gasteiger partial charge is 0.396 e. The van der Waals surface area contributed by atoms with E-state index in [9.17, 15) is 9.90 Å². The minimum Gasteiger partial charge on any atom is -0.396 e. The van der Waals surface area contributed by atoms with Crippen LogP contribution in [-0.4, -0.2) is 48.4 Å². The molecular formula is C19H27NO4. The summed E-state index contributed by atoms with van der Waals surface area (Å²) in [5.41, 5.74) is 0.991. The number of fused-ring (bicyclic) bond motifs is 1. The van der Waals surface area contributed by atoms with Crippen LogP contribution in [0.2, 0.25) is 0 Å². The maximum atomic E-state index is 12.9. The summed E-state index contributed by atoms with van der Waals surface area (Å²) in [4.78, 5) is 14.8. The summed E-state index contributed by atoms with van der Waals surface area (Å²) in [5.74, 6) is -0.151. The molecule has 1 aromatic rings. The molecule has 2 heterocycles. The third kappa shape index (κ3) is 3.34.